The van der Waals surface area contributed by atoms with Crippen molar-refractivity contribution in [2.24, 2.45) is 5.92 Å². The summed E-state index contributed by atoms with van der Waals surface area (Å²) in [6, 6.07) is -2.07. The third kappa shape index (κ3) is 15.0. The average molecular weight is 596 g/mol. The van der Waals surface area contributed by atoms with Crippen molar-refractivity contribution in [3.63, 3.8) is 0 Å². The van der Waals surface area contributed by atoms with Gasteiger partial charge in [0.1, 0.15) is 17.7 Å². The Morgan fingerprint density at radius 2 is 1.68 bits per heavy atom. The maximum absolute atomic E-state index is 12.8. The van der Waals surface area contributed by atoms with Crippen LogP contribution in [0.5, 0.6) is 0 Å². The molecule has 14 heteroatoms. The van der Waals surface area contributed by atoms with Crippen LogP contribution in [0.25, 0.3) is 0 Å². The monoisotopic (exact) mass is 595 g/mol. The second kappa shape index (κ2) is 16.5. The van der Waals surface area contributed by atoms with Crippen LogP contribution in [0.1, 0.15) is 78.7 Å². The molecule has 3 amide bonds. The molecule has 0 aromatic carbocycles. The molecule has 2 atom stereocenters. The van der Waals surface area contributed by atoms with Gasteiger partial charge in [0.15, 0.2) is 0 Å². The van der Waals surface area contributed by atoms with Gasteiger partial charge in [-0.2, -0.15) is 0 Å². The average Bonchev–Trinajstić information content (AvgIpc) is 2.84. The Kier molecular flexibility index (Phi) is 14.2. The van der Waals surface area contributed by atoms with Crippen molar-refractivity contribution in [2.45, 2.75) is 96.0 Å². The van der Waals surface area contributed by atoms with Gasteiger partial charge in [0, 0.05) is 38.0 Å². The summed E-state index contributed by atoms with van der Waals surface area (Å²) < 4.78 is 27.9. The van der Waals surface area contributed by atoms with E-state index in [0.29, 0.717) is 37.8 Å². The summed E-state index contributed by atoms with van der Waals surface area (Å²) in [5.74, 6) is 3.21. The molecule has 0 saturated heterocycles. The van der Waals surface area contributed by atoms with Gasteiger partial charge in [-0.15, -0.1) is 0 Å². The van der Waals surface area contributed by atoms with E-state index in [1.165, 1.54) is 12.4 Å². The van der Waals surface area contributed by atoms with E-state index in [4.69, 9.17) is 4.74 Å². The molecule has 1 heterocycles. The molecular weight excluding hydrogens is 554 g/mol. The number of carboxylic acid groups (broad SMARTS) is 1. The van der Waals surface area contributed by atoms with Crippen LogP contribution in [0.15, 0.2) is 17.6 Å². The van der Waals surface area contributed by atoms with Crippen molar-refractivity contribution in [2.75, 3.05) is 12.8 Å². The van der Waals surface area contributed by atoms with E-state index < -0.39 is 45.5 Å². The zero-order valence-corrected chi connectivity index (χ0v) is 25.3. The lowest BCUT2D eigenvalue weighted by Crippen LogP contribution is -2.53. The van der Waals surface area contributed by atoms with Gasteiger partial charge in [0.25, 0.3) is 0 Å². The van der Waals surface area contributed by atoms with E-state index in [-0.39, 0.29) is 29.8 Å². The Hall–Kier alpha value is -3.73. The molecule has 0 unspecified atom stereocenters. The van der Waals surface area contributed by atoms with Crippen LogP contribution >= 0.6 is 0 Å². The van der Waals surface area contributed by atoms with E-state index in [1.807, 2.05) is 0 Å². The Bertz CT molecular complexity index is 1210. The quantitative estimate of drug-likeness (QED) is 0.140. The number of carbonyl (C=O) groups excluding carboxylic acids is 3. The van der Waals surface area contributed by atoms with Crippen molar-refractivity contribution in [3.05, 3.63) is 18.0 Å². The van der Waals surface area contributed by atoms with Crippen molar-refractivity contribution in [3.8, 4) is 11.8 Å². The minimum Gasteiger partial charge on any atom is -0.480 e. The molecule has 1 rings (SSSR count). The highest BCUT2D eigenvalue weighted by Crippen LogP contribution is 2.09. The van der Waals surface area contributed by atoms with Crippen LogP contribution < -0.4 is 16.0 Å². The van der Waals surface area contributed by atoms with Gasteiger partial charge < -0.3 is 25.8 Å². The van der Waals surface area contributed by atoms with E-state index in [0.717, 1.165) is 6.26 Å². The molecule has 228 valence electrons. The zero-order valence-electron chi connectivity index (χ0n) is 24.4. The summed E-state index contributed by atoms with van der Waals surface area (Å²) in [7, 11) is -3.49. The summed E-state index contributed by atoms with van der Waals surface area (Å²) in [6.07, 6.45) is 5.00. The zero-order chi connectivity index (χ0) is 31.2. The molecule has 0 fully saturated rings. The minimum absolute atomic E-state index is 0.0989. The SMILES string of the molecule is CC(C)[C@H](NC(=O)CCCC#Cc1cnc(S(C)(=O)=O)nc1)C(=O)N[C@@H](CCCCNC(=O)OC(C)(C)C)C(=O)O. The Labute approximate surface area is 241 Å². The van der Waals surface area contributed by atoms with Gasteiger partial charge in [-0.1, -0.05) is 25.7 Å². The summed E-state index contributed by atoms with van der Waals surface area (Å²) in [5.41, 5.74) is -0.182. The van der Waals surface area contributed by atoms with E-state index in [1.54, 1.807) is 34.6 Å². The number of hydrogen-bond acceptors (Lipinski definition) is 9. The van der Waals surface area contributed by atoms with Crippen LogP contribution in [0.2, 0.25) is 0 Å². The number of carbonyl (C=O) groups is 4. The fourth-order valence-corrected chi connectivity index (χ4v) is 3.84. The third-order valence-corrected chi connectivity index (χ3v) is 6.24. The number of nitrogens with one attached hydrogen (secondary N) is 3. The Morgan fingerprint density at radius 3 is 2.22 bits per heavy atom. The number of ether oxygens (including phenoxy) is 1. The maximum Gasteiger partial charge on any atom is 0.407 e. The molecule has 0 saturated carbocycles. The fraction of sp³-hybridized carbons (Fsp3) is 0.630. The van der Waals surface area contributed by atoms with Crippen LogP contribution in [0.4, 0.5) is 4.79 Å². The highest BCUT2D eigenvalue weighted by molar-refractivity contribution is 7.90. The lowest BCUT2D eigenvalue weighted by atomic mass is 10.0. The second-order valence-corrected chi connectivity index (χ2v) is 12.7. The van der Waals surface area contributed by atoms with Crippen molar-refractivity contribution in [1.29, 1.82) is 0 Å². The van der Waals surface area contributed by atoms with Crippen molar-refractivity contribution >= 4 is 33.7 Å². The number of carboxylic acids is 1. The lowest BCUT2D eigenvalue weighted by Gasteiger charge is -2.24. The smallest absolute Gasteiger partial charge is 0.407 e. The topological polar surface area (TPSA) is 194 Å². The number of hydrogen-bond donors (Lipinski definition) is 4. The lowest BCUT2D eigenvalue weighted by molar-refractivity contribution is -0.142. The largest absolute Gasteiger partial charge is 0.480 e. The number of amides is 3. The molecule has 41 heavy (non-hydrogen) atoms. The molecule has 1 aromatic rings. The fourth-order valence-electron chi connectivity index (χ4n) is 3.35. The predicted molar refractivity (Wildman–Crippen MR) is 150 cm³/mol. The number of aromatic nitrogens is 2. The minimum atomic E-state index is -3.49. The molecule has 1 aromatic heterocycles. The summed E-state index contributed by atoms with van der Waals surface area (Å²) >= 11 is 0. The van der Waals surface area contributed by atoms with Crippen molar-refractivity contribution < 1.29 is 37.4 Å². The first-order chi connectivity index (χ1) is 19.0. The first-order valence-electron chi connectivity index (χ1n) is 13.3. The number of aliphatic carboxylic acids is 1. The molecule has 0 aliphatic rings. The summed E-state index contributed by atoms with van der Waals surface area (Å²) in [4.78, 5) is 56.2. The first kappa shape index (κ1) is 35.3. The van der Waals surface area contributed by atoms with Gasteiger partial charge in [0.05, 0.1) is 5.56 Å². The normalized spacial score (nSPS) is 12.9. The van der Waals surface area contributed by atoms with Crippen LogP contribution in [-0.4, -0.2) is 77.9 Å². The first-order valence-corrected chi connectivity index (χ1v) is 15.2. The summed E-state index contributed by atoms with van der Waals surface area (Å²) in [5, 5.41) is 17.0. The van der Waals surface area contributed by atoms with Crippen LogP contribution in [0, 0.1) is 17.8 Å². The van der Waals surface area contributed by atoms with Gasteiger partial charge in [-0.3, -0.25) is 9.59 Å². The second-order valence-electron chi connectivity index (χ2n) is 10.8. The van der Waals surface area contributed by atoms with E-state index >= 15 is 0 Å². The Balaban J connectivity index is 2.51. The molecule has 0 radical (unpaired) electrons. The summed E-state index contributed by atoms with van der Waals surface area (Å²) in [6.45, 7) is 9.03. The molecular formula is C27H41N5O8S. The highest BCUT2D eigenvalue weighted by atomic mass is 32.2. The molecule has 0 spiro atoms. The van der Waals surface area contributed by atoms with Gasteiger partial charge in [-0.25, -0.2) is 28.0 Å². The standard InChI is InChI=1S/C27H41N5O8S/c1-18(2)22(23(34)31-20(24(35)36)13-10-11-15-28-26(37)40-27(3,4)5)32-21(33)14-9-7-8-12-19-16-29-25(30-17-19)41(6,38)39/h16-18,20,22H,7,9-11,13-15H2,1-6H3,(H,28,37)(H,31,34)(H,32,33)(H,35,36)/t20-,22-/m0/s1. The van der Waals surface area contributed by atoms with Crippen LogP contribution in [-0.2, 0) is 29.0 Å². The molecule has 0 bridgehead atoms. The number of sulfone groups is 1. The highest BCUT2D eigenvalue weighted by Gasteiger charge is 2.28. The maximum atomic E-state index is 12.8. The van der Waals surface area contributed by atoms with Gasteiger partial charge in [0.2, 0.25) is 26.8 Å². The van der Waals surface area contributed by atoms with Gasteiger partial charge >= 0.3 is 12.1 Å². The third-order valence-electron chi connectivity index (χ3n) is 5.37. The van der Waals surface area contributed by atoms with E-state index in [9.17, 15) is 32.7 Å². The molecule has 4 N–H and O–H groups in total. The van der Waals surface area contributed by atoms with E-state index in [2.05, 4.69) is 37.8 Å². The van der Waals surface area contributed by atoms with Crippen LogP contribution in [0.3, 0.4) is 0 Å². The predicted octanol–water partition coefficient (Wildman–Crippen LogP) is 1.81. The molecule has 0 aliphatic heterocycles. The Morgan fingerprint density at radius 1 is 1.05 bits per heavy atom. The molecule has 0 aliphatic carbocycles. The number of unbranched alkanes of at least 4 members (excludes halogenated alkanes) is 2. The molecule has 13 nitrogen and oxygen atoms in total. The van der Waals surface area contributed by atoms with Gasteiger partial charge in [-0.05, 0) is 52.4 Å². The number of nitrogens with zero attached hydrogens (tertiary/aromatic N) is 2. The number of rotatable bonds is 14. The van der Waals surface area contributed by atoms with Crippen molar-refractivity contribution in [1.82, 2.24) is 25.9 Å². The number of alkyl carbamates (subject to hydrolysis) is 1.